The van der Waals surface area contributed by atoms with Gasteiger partial charge in [0.15, 0.2) is 5.78 Å². The van der Waals surface area contributed by atoms with E-state index < -0.39 is 34.6 Å². The van der Waals surface area contributed by atoms with E-state index in [1.807, 2.05) is 42.2 Å². The van der Waals surface area contributed by atoms with Crippen molar-refractivity contribution in [2.24, 2.45) is 11.8 Å². The first kappa shape index (κ1) is 22.6. The molecule has 0 aliphatic carbocycles. The predicted octanol–water partition coefficient (Wildman–Crippen LogP) is 3.23. The number of anilines is 1. The van der Waals surface area contributed by atoms with E-state index in [1.54, 1.807) is 0 Å². The highest BCUT2D eigenvalue weighted by molar-refractivity contribution is 6.14. The summed E-state index contributed by atoms with van der Waals surface area (Å²) in [6.45, 7) is 2.76. The first-order chi connectivity index (χ1) is 17.4. The monoisotopic (exact) mass is 487 g/mol. The molecule has 6 rings (SSSR count). The lowest BCUT2D eigenvalue weighted by atomic mass is 9.85. The van der Waals surface area contributed by atoms with Crippen LogP contribution in [0.5, 0.6) is 0 Å². The van der Waals surface area contributed by atoms with Crippen LogP contribution in [0.2, 0.25) is 0 Å². The summed E-state index contributed by atoms with van der Waals surface area (Å²) in [4.78, 5) is 55.5. The van der Waals surface area contributed by atoms with Crippen LogP contribution in [0.3, 0.4) is 0 Å². The Morgan fingerprint density at radius 2 is 1.89 bits per heavy atom. The minimum Gasteiger partial charge on any atom is -0.376 e. The van der Waals surface area contributed by atoms with Gasteiger partial charge in [0.1, 0.15) is 6.04 Å². The largest absolute Gasteiger partial charge is 0.376 e. The van der Waals surface area contributed by atoms with Crippen LogP contribution in [0.4, 0.5) is 11.4 Å². The van der Waals surface area contributed by atoms with Gasteiger partial charge in [-0.3, -0.25) is 29.4 Å². The third kappa shape index (κ3) is 3.30. The summed E-state index contributed by atoms with van der Waals surface area (Å²) in [5, 5.41) is 11.4. The number of hydrogen-bond donors (Lipinski definition) is 0. The average molecular weight is 488 g/mol. The van der Waals surface area contributed by atoms with Gasteiger partial charge in [0.05, 0.1) is 35.4 Å². The lowest BCUT2D eigenvalue weighted by Crippen LogP contribution is -2.49. The van der Waals surface area contributed by atoms with E-state index in [-0.39, 0.29) is 35.7 Å². The van der Waals surface area contributed by atoms with Crippen molar-refractivity contribution in [3.63, 3.8) is 0 Å². The normalized spacial score (nSPS) is 28.6. The maximum atomic E-state index is 14.0. The van der Waals surface area contributed by atoms with E-state index in [0.717, 1.165) is 29.7 Å². The number of likely N-dealkylation sites (tertiary alicyclic amines) is 1. The summed E-state index contributed by atoms with van der Waals surface area (Å²) in [7, 11) is 0. The zero-order valence-corrected chi connectivity index (χ0v) is 19.7. The molecule has 5 atom stereocenters. The van der Waals surface area contributed by atoms with Gasteiger partial charge in [-0.2, -0.15) is 0 Å². The van der Waals surface area contributed by atoms with Gasteiger partial charge in [0.25, 0.3) is 5.69 Å². The van der Waals surface area contributed by atoms with E-state index in [9.17, 15) is 24.5 Å². The number of allylic oxidation sites excluding steroid dienone is 1. The van der Waals surface area contributed by atoms with Gasteiger partial charge in [-0.25, -0.2) is 0 Å². The van der Waals surface area contributed by atoms with E-state index in [2.05, 4.69) is 0 Å². The number of para-hydroxylation sites is 1. The summed E-state index contributed by atoms with van der Waals surface area (Å²) >= 11 is 0. The molecule has 9 heteroatoms. The Labute approximate surface area is 207 Å². The average Bonchev–Trinajstić information content (AvgIpc) is 3.57. The van der Waals surface area contributed by atoms with E-state index in [0.29, 0.717) is 6.61 Å². The smallest absolute Gasteiger partial charge is 0.270 e. The molecule has 4 aliphatic rings. The van der Waals surface area contributed by atoms with Crippen LogP contribution in [0.15, 0.2) is 54.6 Å². The molecule has 3 fully saturated rings. The van der Waals surface area contributed by atoms with Gasteiger partial charge in [0, 0.05) is 35.6 Å². The Morgan fingerprint density at radius 1 is 1.11 bits per heavy atom. The first-order valence-corrected chi connectivity index (χ1v) is 12.2. The zero-order chi connectivity index (χ0) is 25.1. The maximum Gasteiger partial charge on any atom is 0.270 e. The second kappa shape index (κ2) is 8.37. The van der Waals surface area contributed by atoms with Crippen molar-refractivity contribution in [3.8, 4) is 0 Å². The number of non-ortho nitro benzene ring substituents is 1. The van der Waals surface area contributed by atoms with Gasteiger partial charge in [-0.15, -0.1) is 0 Å². The lowest BCUT2D eigenvalue weighted by Gasteiger charge is -2.38. The topological polar surface area (TPSA) is 110 Å². The van der Waals surface area contributed by atoms with Gasteiger partial charge in [0.2, 0.25) is 11.8 Å². The Hall–Kier alpha value is -3.85. The summed E-state index contributed by atoms with van der Waals surface area (Å²) in [5.41, 5.74) is 2.64. The molecule has 3 saturated heterocycles. The van der Waals surface area contributed by atoms with Crippen LogP contribution >= 0.6 is 0 Å². The molecule has 2 aromatic rings. The van der Waals surface area contributed by atoms with Crippen LogP contribution in [0, 0.1) is 22.0 Å². The number of ether oxygens (including phenoxy) is 1. The molecule has 0 spiro atoms. The number of Topliss-reactive ketones (excluding diaryl/α,β-unsaturated/α-hetero) is 1. The number of ketones is 1. The van der Waals surface area contributed by atoms with Crippen molar-refractivity contribution in [1.29, 1.82) is 0 Å². The van der Waals surface area contributed by atoms with Crippen LogP contribution in [-0.4, -0.2) is 58.8 Å². The van der Waals surface area contributed by atoms with Crippen LogP contribution < -0.4 is 4.90 Å². The van der Waals surface area contributed by atoms with Gasteiger partial charge in [-0.1, -0.05) is 36.4 Å². The Morgan fingerprint density at radius 3 is 2.64 bits per heavy atom. The number of carbonyl (C=O) groups is 3. The Balaban J connectivity index is 1.46. The molecular formula is C27H25N3O6. The number of rotatable bonds is 5. The predicted molar refractivity (Wildman–Crippen MR) is 130 cm³/mol. The molecule has 36 heavy (non-hydrogen) atoms. The standard InChI is InChI=1S/C27H25N3O6/c1-15-12-21-22-23(27(33)28(26(22)32)14-18-8-5-11-36-18)24(29(21)20-10-3-2-9-19(15)20)25(31)16-6-4-7-17(13-16)30(34)35/h2-4,6-7,9-10,12-13,18,21-24H,5,8,11,14H2,1H3/t18-,21+,22-,23+,24+/m0/s1. The molecule has 0 radical (unpaired) electrons. The number of amides is 2. The quantitative estimate of drug-likeness (QED) is 0.276. The van der Waals surface area contributed by atoms with E-state index in [1.165, 1.54) is 29.2 Å². The molecule has 0 saturated carbocycles. The highest BCUT2D eigenvalue weighted by Gasteiger charge is 2.64. The van der Waals surface area contributed by atoms with E-state index in [4.69, 9.17) is 4.74 Å². The third-order valence-corrected chi connectivity index (χ3v) is 7.87. The molecule has 0 bridgehead atoms. The fraction of sp³-hybridized carbons (Fsp3) is 0.370. The summed E-state index contributed by atoms with van der Waals surface area (Å²) in [6.07, 6.45) is 3.45. The number of benzene rings is 2. The fourth-order valence-corrected chi connectivity index (χ4v) is 6.27. The molecule has 4 aliphatic heterocycles. The molecule has 184 valence electrons. The van der Waals surface area contributed by atoms with Crippen molar-refractivity contribution in [2.75, 3.05) is 18.1 Å². The molecule has 2 aromatic carbocycles. The van der Waals surface area contributed by atoms with Crippen molar-refractivity contribution in [2.45, 2.75) is 38.0 Å². The van der Waals surface area contributed by atoms with Gasteiger partial charge < -0.3 is 9.64 Å². The van der Waals surface area contributed by atoms with Crippen molar-refractivity contribution in [1.82, 2.24) is 4.90 Å². The highest BCUT2D eigenvalue weighted by atomic mass is 16.6. The number of nitro benzene ring substituents is 1. The maximum absolute atomic E-state index is 14.0. The second-order valence-corrected chi connectivity index (χ2v) is 9.85. The van der Waals surface area contributed by atoms with Crippen LogP contribution in [-0.2, 0) is 14.3 Å². The molecular weight excluding hydrogens is 462 g/mol. The molecule has 0 unspecified atom stereocenters. The van der Waals surface area contributed by atoms with Crippen molar-refractivity contribution in [3.05, 3.63) is 75.8 Å². The number of nitro groups is 1. The fourth-order valence-electron chi connectivity index (χ4n) is 6.27. The highest BCUT2D eigenvalue weighted by Crippen LogP contribution is 2.50. The van der Waals surface area contributed by atoms with E-state index >= 15 is 0 Å². The molecule has 0 aromatic heterocycles. The van der Waals surface area contributed by atoms with Gasteiger partial charge >= 0.3 is 0 Å². The van der Waals surface area contributed by atoms with Crippen molar-refractivity contribution >= 4 is 34.5 Å². The zero-order valence-electron chi connectivity index (χ0n) is 19.7. The summed E-state index contributed by atoms with van der Waals surface area (Å²) in [6, 6.07) is 11.8. The molecule has 0 N–H and O–H groups in total. The number of nitrogens with zero attached hydrogens (tertiary/aromatic N) is 3. The number of hydrogen-bond acceptors (Lipinski definition) is 7. The third-order valence-electron chi connectivity index (χ3n) is 7.87. The summed E-state index contributed by atoms with van der Waals surface area (Å²) in [5.74, 6) is -2.66. The number of fused-ring (bicyclic) bond motifs is 5. The minimum atomic E-state index is -0.960. The molecule has 4 heterocycles. The number of carbonyl (C=O) groups excluding carboxylic acids is 3. The van der Waals surface area contributed by atoms with Gasteiger partial charge in [-0.05, 0) is 31.4 Å². The Bertz CT molecular complexity index is 1330. The van der Waals surface area contributed by atoms with Crippen LogP contribution in [0.1, 0.15) is 35.7 Å². The number of imide groups is 1. The SMILES string of the molecule is CC1=C[C@@H]2[C@@H]3C(=O)N(C[C@@H]4CCCO4)C(=O)[C@H]3[C@H](C(=O)c3cccc([N+](=O)[O-])c3)N2c2ccccc21. The summed E-state index contributed by atoms with van der Waals surface area (Å²) < 4.78 is 5.68. The molecule has 9 nitrogen and oxygen atoms in total. The Kier molecular flexibility index (Phi) is 5.26. The van der Waals surface area contributed by atoms with Crippen molar-refractivity contribution < 1.29 is 24.0 Å². The first-order valence-electron chi connectivity index (χ1n) is 12.2. The second-order valence-electron chi connectivity index (χ2n) is 9.85. The molecule has 2 amide bonds. The van der Waals surface area contributed by atoms with Crippen LogP contribution in [0.25, 0.3) is 5.57 Å². The minimum absolute atomic E-state index is 0.148. The lowest BCUT2D eigenvalue weighted by molar-refractivity contribution is -0.384.